The zero-order valence-electron chi connectivity index (χ0n) is 20.8. The first-order chi connectivity index (χ1) is 16.3. The van der Waals surface area contributed by atoms with Gasteiger partial charge < -0.3 is 19.3 Å². The van der Waals surface area contributed by atoms with Crippen molar-refractivity contribution in [3.63, 3.8) is 0 Å². The number of unbranched alkanes of at least 4 members (excludes halogenated alkanes) is 10. The molecule has 9 heteroatoms. The Hall–Kier alpha value is -1.47. The lowest BCUT2D eigenvalue weighted by Gasteiger charge is -2.18. The van der Waals surface area contributed by atoms with Crippen molar-refractivity contribution in [2.45, 2.75) is 109 Å². The van der Waals surface area contributed by atoms with Crippen molar-refractivity contribution in [1.29, 1.82) is 0 Å². The molecule has 2 N–H and O–H groups in total. The van der Waals surface area contributed by atoms with Crippen molar-refractivity contribution < 1.29 is 37.9 Å². The zero-order valence-corrected chi connectivity index (χ0v) is 21.7. The molecule has 0 rings (SSSR count). The largest absolute Gasteiger partial charge is 0.469 e. The minimum absolute atomic E-state index is 0.191. The van der Waals surface area contributed by atoms with Crippen LogP contribution in [0.15, 0.2) is 24.8 Å². The number of phosphoric ester groups is 1. The second-order valence-electron chi connectivity index (χ2n) is 8.36. The fraction of sp³-hybridized carbons (Fsp3) is 0.760. The van der Waals surface area contributed by atoms with E-state index in [0.29, 0.717) is 12.8 Å². The third kappa shape index (κ3) is 23.7. The highest BCUT2D eigenvalue weighted by Gasteiger charge is 2.22. The van der Waals surface area contributed by atoms with Crippen molar-refractivity contribution in [2.24, 2.45) is 0 Å². The second kappa shape index (κ2) is 22.0. The van der Waals surface area contributed by atoms with Gasteiger partial charge in [0.1, 0.15) is 6.61 Å². The molecule has 0 bridgehead atoms. The van der Waals surface area contributed by atoms with Gasteiger partial charge in [0, 0.05) is 12.8 Å². The summed E-state index contributed by atoms with van der Waals surface area (Å²) in [6.45, 7) is 4.96. The van der Waals surface area contributed by atoms with Gasteiger partial charge in [0.2, 0.25) is 0 Å². The number of carbonyl (C=O) groups excluding carboxylic acids is 2. The molecule has 1 atom stereocenters. The van der Waals surface area contributed by atoms with Gasteiger partial charge in [0.25, 0.3) is 0 Å². The van der Waals surface area contributed by atoms with Crippen molar-refractivity contribution in [2.75, 3.05) is 13.2 Å². The van der Waals surface area contributed by atoms with E-state index >= 15 is 0 Å². The number of esters is 2. The Balaban J connectivity index is 4.15. The second-order valence-corrected chi connectivity index (χ2v) is 9.60. The van der Waals surface area contributed by atoms with Gasteiger partial charge in [0.05, 0.1) is 6.61 Å². The number of carbonyl (C=O) groups is 2. The molecule has 198 valence electrons. The third-order valence-corrected chi connectivity index (χ3v) is 5.59. The van der Waals surface area contributed by atoms with E-state index in [4.69, 9.17) is 19.3 Å². The zero-order chi connectivity index (χ0) is 25.5. The molecule has 0 aromatic rings. The maximum absolute atomic E-state index is 12.1. The van der Waals surface area contributed by atoms with E-state index in [-0.39, 0.29) is 19.4 Å². The SMILES string of the molecule is C=CCCCCCCCC(=O)O[C@H](COC(=O)CCCCCCC/C=C/CC)COP(=O)(O)O. The van der Waals surface area contributed by atoms with Crippen LogP contribution in [0.25, 0.3) is 0 Å². The first-order valence-corrected chi connectivity index (χ1v) is 14.1. The van der Waals surface area contributed by atoms with Crippen molar-refractivity contribution in [1.82, 2.24) is 0 Å². The number of rotatable bonds is 23. The molecule has 0 unspecified atom stereocenters. The van der Waals surface area contributed by atoms with Gasteiger partial charge in [0.15, 0.2) is 6.10 Å². The normalized spacial score (nSPS) is 12.6. The average Bonchev–Trinajstić information content (AvgIpc) is 2.78. The van der Waals surface area contributed by atoms with Gasteiger partial charge >= 0.3 is 19.8 Å². The van der Waals surface area contributed by atoms with Crippen molar-refractivity contribution in [3.05, 3.63) is 24.8 Å². The molecule has 0 heterocycles. The fourth-order valence-electron chi connectivity index (χ4n) is 3.23. The molecule has 0 radical (unpaired) electrons. The summed E-state index contributed by atoms with van der Waals surface area (Å²) in [5, 5.41) is 0. The summed E-state index contributed by atoms with van der Waals surface area (Å²) in [4.78, 5) is 41.9. The predicted octanol–water partition coefficient (Wildman–Crippen LogP) is 6.16. The lowest BCUT2D eigenvalue weighted by Crippen LogP contribution is -2.29. The summed E-state index contributed by atoms with van der Waals surface area (Å²) in [7, 11) is -4.73. The van der Waals surface area contributed by atoms with Crippen molar-refractivity contribution in [3.8, 4) is 0 Å². The van der Waals surface area contributed by atoms with Gasteiger partial charge in [-0.05, 0) is 44.9 Å². The molecule has 34 heavy (non-hydrogen) atoms. The quantitative estimate of drug-likeness (QED) is 0.0734. The van der Waals surface area contributed by atoms with Crippen LogP contribution in [0.2, 0.25) is 0 Å². The fourth-order valence-corrected chi connectivity index (χ4v) is 3.59. The molecule has 0 aliphatic rings. The molecule has 8 nitrogen and oxygen atoms in total. The molecule has 0 aliphatic carbocycles. The maximum atomic E-state index is 12.1. The van der Waals surface area contributed by atoms with Crippen LogP contribution in [0, 0.1) is 0 Å². The summed E-state index contributed by atoms with van der Waals surface area (Å²) < 4.78 is 25.8. The summed E-state index contributed by atoms with van der Waals surface area (Å²) in [5.74, 6) is -0.933. The number of phosphoric acid groups is 1. The lowest BCUT2D eigenvalue weighted by atomic mass is 10.1. The van der Waals surface area contributed by atoms with Crippen LogP contribution >= 0.6 is 7.82 Å². The molecule has 0 spiro atoms. The standard InChI is InChI=1S/C25H45O8P/c1-3-5-7-9-11-12-14-15-17-19-24(26)31-21-23(22-32-34(28,29)30)33-25(27)20-18-16-13-10-8-6-4-2/h4-5,7,23H,2-3,6,8-22H2,1H3,(H2,28,29,30)/b7-5+/t23-/m1/s1. The predicted molar refractivity (Wildman–Crippen MR) is 133 cm³/mol. The van der Waals surface area contributed by atoms with E-state index < -0.39 is 32.5 Å². The highest BCUT2D eigenvalue weighted by molar-refractivity contribution is 7.46. The lowest BCUT2D eigenvalue weighted by molar-refractivity contribution is -0.161. The van der Waals surface area contributed by atoms with E-state index in [2.05, 4.69) is 30.2 Å². The molecule has 0 aliphatic heterocycles. The molecular weight excluding hydrogens is 459 g/mol. The average molecular weight is 505 g/mol. The van der Waals surface area contributed by atoms with E-state index in [1.54, 1.807) is 0 Å². The van der Waals surface area contributed by atoms with Gasteiger partial charge in [-0.2, -0.15) is 0 Å². The maximum Gasteiger partial charge on any atom is 0.469 e. The van der Waals surface area contributed by atoms with Gasteiger partial charge in [-0.15, -0.1) is 6.58 Å². The van der Waals surface area contributed by atoms with Crippen LogP contribution in [0.3, 0.4) is 0 Å². The minimum Gasteiger partial charge on any atom is -0.462 e. The van der Waals surface area contributed by atoms with Crippen LogP contribution in [0.1, 0.15) is 103 Å². The van der Waals surface area contributed by atoms with Crippen molar-refractivity contribution >= 4 is 19.8 Å². The smallest absolute Gasteiger partial charge is 0.462 e. The topological polar surface area (TPSA) is 119 Å². The Kier molecular flexibility index (Phi) is 21.1. The van der Waals surface area contributed by atoms with Crippen LogP contribution in [-0.4, -0.2) is 41.0 Å². The van der Waals surface area contributed by atoms with Gasteiger partial charge in [-0.25, -0.2) is 4.57 Å². The van der Waals surface area contributed by atoms with E-state index in [1.807, 2.05) is 6.08 Å². The first kappa shape index (κ1) is 32.5. The Bertz CT molecular complexity index is 614. The number of hydrogen-bond donors (Lipinski definition) is 2. The number of hydrogen-bond acceptors (Lipinski definition) is 6. The summed E-state index contributed by atoms with van der Waals surface area (Å²) in [5.41, 5.74) is 0. The summed E-state index contributed by atoms with van der Waals surface area (Å²) in [6.07, 6.45) is 18.4. The first-order valence-electron chi connectivity index (χ1n) is 12.6. The summed E-state index contributed by atoms with van der Waals surface area (Å²) >= 11 is 0. The Morgan fingerprint density at radius 1 is 0.824 bits per heavy atom. The molecule has 0 aromatic heterocycles. The van der Waals surface area contributed by atoms with Crippen LogP contribution < -0.4 is 0 Å². The molecule has 0 saturated heterocycles. The molecule has 0 fully saturated rings. The molecule has 0 aromatic carbocycles. The minimum atomic E-state index is -4.73. The highest BCUT2D eigenvalue weighted by atomic mass is 31.2. The van der Waals surface area contributed by atoms with E-state index in [1.165, 1.54) is 0 Å². The monoisotopic (exact) mass is 504 g/mol. The van der Waals surface area contributed by atoms with E-state index in [9.17, 15) is 14.2 Å². The van der Waals surface area contributed by atoms with Crippen LogP contribution in [-0.2, 0) is 28.2 Å². The number of allylic oxidation sites excluding steroid dienone is 3. The molecule has 0 amide bonds. The number of ether oxygens (including phenoxy) is 2. The Labute approximate surface area is 205 Å². The van der Waals surface area contributed by atoms with Crippen LogP contribution in [0.5, 0.6) is 0 Å². The highest BCUT2D eigenvalue weighted by Crippen LogP contribution is 2.35. The Morgan fingerprint density at radius 3 is 1.97 bits per heavy atom. The van der Waals surface area contributed by atoms with E-state index in [0.717, 1.165) is 70.6 Å². The molecular formula is C25H45O8P. The van der Waals surface area contributed by atoms with Gasteiger partial charge in [-0.3, -0.25) is 14.1 Å². The summed E-state index contributed by atoms with van der Waals surface area (Å²) in [6, 6.07) is 0. The Morgan fingerprint density at radius 2 is 1.38 bits per heavy atom. The third-order valence-electron chi connectivity index (χ3n) is 5.10. The van der Waals surface area contributed by atoms with Gasteiger partial charge in [-0.1, -0.05) is 63.7 Å². The van der Waals surface area contributed by atoms with Crippen LogP contribution in [0.4, 0.5) is 0 Å². The molecule has 0 saturated carbocycles.